The lowest BCUT2D eigenvalue weighted by Crippen LogP contribution is -2.07. The smallest absolute Gasteiger partial charge is 0.143 e. The maximum Gasteiger partial charge on any atom is 0.143 e. The highest BCUT2D eigenvalue weighted by Crippen LogP contribution is 2.26. The molecule has 1 atom stereocenters. The summed E-state index contributed by atoms with van der Waals surface area (Å²) in [6, 6.07) is 5.16. The van der Waals surface area contributed by atoms with E-state index < -0.39 is 6.10 Å². The molecule has 2 aromatic heterocycles. The highest BCUT2D eigenvalue weighted by Gasteiger charge is 2.17. The van der Waals surface area contributed by atoms with Crippen LogP contribution in [0.1, 0.15) is 23.3 Å². The van der Waals surface area contributed by atoms with E-state index in [4.69, 9.17) is 4.74 Å². The van der Waals surface area contributed by atoms with E-state index in [1.165, 1.54) is 0 Å². The van der Waals surface area contributed by atoms with Crippen molar-refractivity contribution in [2.75, 3.05) is 7.11 Å². The fourth-order valence-electron chi connectivity index (χ4n) is 1.55. The molecule has 2 aromatic rings. The molecule has 0 radical (unpaired) electrons. The maximum atomic E-state index is 10.2. The first-order chi connectivity index (χ1) is 8.22. The van der Waals surface area contributed by atoms with Gasteiger partial charge in [-0.05, 0) is 25.1 Å². The summed E-state index contributed by atoms with van der Waals surface area (Å²) >= 11 is 0. The third-order valence-electron chi connectivity index (χ3n) is 2.36. The predicted molar refractivity (Wildman–Crippen MR) is 61.6 cm³/mol. The third kappa shape index (κ3) is 2.39. The van der Waals surface area contributed by atoms with E-state index in [1.54, 1.807) is 44.6 Å². The molecule has 0 aliphatic heterocycles. The van der Waals surface area contributed by atoms with Crippen molar-refractivity contribution in [3.05, 3.63) is 47.8 Å². The Morgan fingerprint density at radius 1 is 1.24 bits per heavy atom. The van der Waals surface area contributed by atoms with Crippen LogP contribution in [0, 0.1) is 6.92 Å². The van der Waals surface area contributed by atoms with E-state index in [9.17, 15) is 5.11 Å². The number of pyridine rings is 1. The summed E-state index contributed by atoms with van der Waals surface area (Å²) < 4.78 is 5.15. The van der Waals surface area contributed by atoms with Gasteiger partial charge >= 0.3 is 0 Å². The number of hydrogen-bond acceptors (Lipinski definition) is 5. The topological polar surface area (TPSA) is 68.1 Å². The molecule has 0 spiro atoms. The average molecular weight is 231 g/mol. The quantitative estimate of drug-likeness (QED) is 0.861. The van der Waals surface area contributed by atoms with Gasteiger partial charge in [0.25, 0.3) is 0 Å². The summed E-state index contributed by atoms with van der Waals surface area (Å²) in [7, 11) is 1.54. The fourth-order valence-corrected chi connectivity index (χ4v) is 1.55. The van der Waals surface area contributed by atoms with Crippen molar-refractivity contribution in [3.63, 3.8) is 0 Å². The Hall–Kier alpha value is -2.01. The van der Waals surface area contributed by atoms with Gasteiger partial charge in [-0.25, -0.2) is 9.97 Å². The number of rotatable bonds is 3. The number of hydrogen-bond donors (Lipinski definition) is 1. The van der Waals surface area contributed by atoms with Gasteiger partial charge in [0.2, 0.25) is 0 Å². The molecule has 0 amide bonds. The van der Waals surface area contributed by atoms with E-state index in [1.807, 2.05) is 0 Å². The minimum absolute atomic E-state index is 0.452. The lowest BCUT2D eigenvalue weighted by Gasteiger charge is -2.12. The van der Waals surface area contributed by atoms with Gasteiger partial charge in [0.15, 0.2) is 0 Å². The van der Waals surface area contributed by atoms with Crippen molar-refractivity contribution >= 4 is 0 Å². The Labute approximate surface area is 99.2 Å². The molecule has 1 N–H and O–H groups in total. The van der Waals surface area contributed by atoms with Gasteiger partial charge in [-0.1, -0.05) is 0 Å². The largest absolute Gasteiger partial charge is 0.495 e. The minimum atomic E-state index is -0.909. The van der Waals surface area contributed by atoms with Gasteiger partial charge in [0.1, 0.15) is 23.4 Å². The van der Waals surface area contributed by atoms with E-state index in [-0.39, 0.29) is 0 Å². The highest BCUT2D eigenvalue weighted by molar-refractivity contribution is 5.32. The zero-order valence-corrected chi connectivity index (χ0v) is 9.66. The van der Waals surface area contributed by atoms with Crippen LogP contribution in [0.15, 0.2) is 30.6 Å². The molecule has 0 saturated carbocycles. The third-order valence-corrected chi connectivity index (χ3v) is 2.36. The number of aliphatic hydroxyl groups is 1. The number of aryl methyl sites for hydroxylation is 1. The summed E-state index contributed by atoms with van der Waals surface area (Å²) in [5.74, 6) is 1.15. The Bertz CT molecular complexity index is 517. The number of methoxy groups -OCH3 is 1. The van der Waals surface area contributed by atoms with Crippen LogP contribution in [0.5, 0.6) is 5.75 Å². The second-order valence-electron chi connectivity index (χ2n) is 3.52. The van der Waals surface area contributed by atoms with Crippen LogP contribution in [0.2, 0.25) is 0 Å². The first-order valence-electron chi connectivity index (χ1n) is 5.19. The maximum absolute atomic E-state index is 10.2. The van der Waals surface area contributed by atoms with E-state index >= 15 is 0 Å². The van der Waals surface area contributed by atoms with E-state index in [0.717, 1.165) is 0 Å². The molecule has 0 fully saturated rings. The lowest BCUT2D eigenvalue weighted by atomic mass is 10.1. The van der Waals surface area contributed by atoms with Crippen LogP contribution in [0.3, 0.4) is 0 Å². The highest BCUT2D eigenvalue weighted by atomic mass is 16.5. The molecule has 0 saturated heterocycles. The predicted octanol–water partition coefficient (Wildman–Crippen LogP) is 1.27. The summed E-state index contributed by atoms with van der Waals surface area (Å²) in [6.07, 6.45) is 2.30. The normalized spacial score (nSPS) is 12.2. The van der Waals surface area contributed by atoms with Gasteiger partial charge in [0, 0.05) is 12.4 Å². The number of nitrogens with zero attached hydrogens (tertiary/aromatic N) is 3. The molecule has 0 bridgehead atoms. The van der Waals surface area contributed by atoms with E-state index in [2.05, 4.69) is 15.0 Å². The molecule has 2 rings (SSSR count). The Kier molecular flexibility index (Phi) is 3.30. The van der Waals surface area contributed by atoms with E-state index in [0.29, 0.717) is 23.0 Å². The van der Waals surface area contributed by atoms with Crippen LogP contribution in [0.4, 0.5) is 0 Å². The van der Waals surface area contributed by atoms with Crippen LogP contribution < -0.4 is 4.74 Å². The molecule has 88 valence electrons. The number of aromatic nitrogens is 3. The van der Waals surface area contributed by atoms with Gasteiger partial charge < -0.3 is 9.84 Å². The molecule has 0 aliphatic carbocycles. The number of aliphatic hydroxyl groups excluding tert-OH is 1. The molecule has 5 nitrogen and oxygen atoms in total. The van der Waals surface area contributed by atoms with Crippen LogP contribution in [-0.2, 0) is 0 Å². The Balaban J connectivity index is 2.40. The van der Waals surface area contributed by atoms with Gasteiger partial charge in [0.05, 0.1) is 12.8 Å². The van der Waals surface area contributed by atoms with Crippen LogP contribution >= 0.6 is 0 Å². The monoisotopic (exact) mass is 231 g/mol. The second kappa shape index (κ2) is 4.88. The van der Waals surface area contributed by atoms with Gasteiger partial charge in [-0.2, -0.15) is 0 Å². The lowest BCUT2D eigenvalue weighted by molar-refractivity contribution is 0.204. The summed E-state index contributed by atoms with van der Waals surface area (Å²) in [4.78, 5) is 12.3. The van der Waals surface area contributed by atoms with Crippen molar-refractivity contribution in [3.8, 4) is 5.75 Å². The second-order valence-corrected chi connectivity index (χ2v) is 3.52. The van der Waals surface area contributed by atoms with Crippen LogP contribution in [-0.4, -0.2) is 27.2 Å². The molecule has 1 unspecified atom stereocenters. The number of ether oxygens (including phenoxy) is 1. The zero-order chi connectivity index (χ0) is 12.3. The van der Waals surface area contributed by atoms with Crippen molar-refractivity contribution in [2.45, 2.75) is 13.0 Å². The Morgan fingerprint density at radius 2 is 2.06 bits per heavy atom. The molecule has 5 heteroatoms. The SMILES string of the molecule is COc1cccnc1C(O)c1ccnc(C)n1. The summed E-state index contributed by atoms with van der Waals surface area (Å²) in [6.45, 7) is 1.77. The molecule has 17 heavy (non-hydrogen) atoms. The molecule has 0 aromatic carbocycles. The van der Waals surface area contributed by atoms with Crippen molar-refractivity contribution in [1.29, 1.82) is 0 Å². The van der Waals surface area contributed by atoms with Crippen LogP contribution in [0.25, 0.3) is 0 Å². The molecular formula is C12H13N3O2. The standard InChI is InChI=1S/C12H13N3O2/c1-8-13-7-5-9(15-8)12(16)11-10(17-2)4-3-6-14-11/h3-7,12,16H,1-2H3. The molecule has 0 aliphatic rings. The summed E-state index contributed by atoms with van der Waals surface area (Å²) in [5.41, 5.74) is 0.961. The first-order valence-corrected chi connectivity index (χ1v) is 5.19. The Morgan fingerprint density at radius 3 is 2.76 bits per heavy atom. The van der Waals surface area contributed by atoms with Crippen molar-refractivity contribution in [2.24, 2.45) is 0 Å². The van der Waals surface area contributed by atoms with Crippen molar-refractivity contribution < 1.29 is 9.84 Å². The molecule has 2 heterocycles. The molecular weight excluding hydrogens is 218 g/mol. The first kappa shape index (κ1) is 11.5. The minimum Gasteiger partial charge on any atom is -0.495 e. The summed E-state index contributed by atoms with van der Waals surface area (Å²) in [5, 5.41) is 10.2. The zero-order valence-electron chi connectivity index (χ0n) is 9.66. The average Bonchev–Trinajstić information content (AvgIpc) is 2.38. The van der Waals surface area contributed by atoms with Gasteiger partial charge in [-0.15, -0.1) is 0 Å². The van der Waals surface area contributed by atoms with Gasteiger partial charge in [-0.3, -0.25) is 4.98 Å². The fraction of sp³-hybridized carbons (Fsp3) is 0.250. The van der Waals surface area contributed by atoms with Crippen molar-refractivity contribution in [1.82, 2.24) is 15.0 Å².